The molecule has 0 fully saturated rings. The predicted octanol–water partition coefficient (Wildman–Crippen LogP) is 2.81. The zero-order valence-electron chi connectivity index (χ0n) is 8.63. The van der Waals surface area contributed by atoms with Crippen molar-refractivity contribution in [3.05, 3.63) is 35.4 Å². The number of rotatable bonds is 3. The van der Waals surface area contributed by atoms with Gasteiger partial charge in [0.1, 0.15) is 0 Å². The van der Waals surface area contributed by atoms with Gasteiger partial charge in [0.25, 0.3) is 0 Å². The van der Waals surface area contributed by atoms with E-state index in [1.165, 1.54) is 0 Å². The van der Waals surface area contributed by atoms with Crippen LogP contribution in [0.3, 0.4) is 0 Å². The Morgan fingerprint density at radius 1 is 1.57 bits per heavy atom. The predicted molar refractivity (Wildman–Crippen MR) is 60.3 cm³/mol. The van der Waals surface area contributed by atoms with Crippen LogP contribution in [-0.4, -0.2) is 5.78 Å². The quantitative estimate of drug-likeness (QED) is 0.587. The number of ketones is 1. The summed E-state index contributed by atoms with van der Waals surface area (Å²) in [5.41, 5.74) is 8.97. The number of nitrogen functional groups attached to an aromatic ring is 1. The fourth-order valence-corrected chi connectivity index (χ4v) is 1.51. The van der Waals surface area contributed by atoms with Gasteiger partial charge in [-0.1, -0.05) is 19.6 Å². The molecule has 0 aliphatic rings. The molecule has 0 amide bonds. The average molecular weight is 189 g/mol. The molecule has 1 aromatic carbocycles. The van der Waals surface area contributed by atoms with Gasteiger partial charge < -0.3 is 5.73 Å². The van der Waals surface area contributed by atoms with Crippen molar-refractivity contribution in [3.63, 3.8) is 0 Å². The van der Waals surface area contributed by atoms with Crippen molar-refractivity contribution in [2.45, 2.75) is 20.3 Å². The molecule has 2 heteroatoms. The molecule has 0 radical (unpaired) electrons. The van der Waals surface area contributed by atoms with Crippen molar-refractivity contribution in [2.75, 3.05) is 5.73 Å². The van der Waals surface area contributed by atoms with E-state index in [9.17, 15) is 4.79 Å². The number of carbonyl (C=O) groups is 1. The van der Waals surface area contributed by atoms with Gasteiger partial charge >= 0.3 is 0 Å². The molecule has 0 aliphatic carbocycles. The van der Waals surface area contributed by atoms with Crippen LogP contribution in [0.1, 0.15) is 34.8 Å². The number of carbonyl (C=O) groups excluding carboxylic acids is 1. The third-order valence-electron chi connectivity index (χ3n) is 2.37. The van der Waals surface area contributed by atoms with Gasteiger partial charge in [-0.2, -0.15) is 0 Å². The first kappa shape index (κ1) is 10.5. The largest absolute Gasteiger partial charge is 0.398 e. The van der Waals surface area contributed by atoms with E-state index in [-0.39, 0.29) is 5.78 Å². The lowest BCUT2D eigenvalue weighted by atomic mass is 9.97. The molecule has 0 aliphatic heterocycles. The van der Waals surface area contributed by atoms with E-state index in [1.54, 1.807) is 18.2 Å². The summed E-state index contributed by atoms with van der Waals surface area (Å²) in [5.74, 6) is 0.144. The molecule has 1 rings (SSSR count). The number of hydrogen-bond acceptors (Lipinski definition) is 2. The Hall–Kier alpha value is -1.57. The highest BCUT2D eigenvalue weighted by molar-refractivity contribution is 5.98. The Balaban J connectivity index is 3.35. The Bertz CT molecular complexity index is 380. The van der Waals surface area contributed by atoms with Crippen molar-refractivity contribution >= 4 is 17.5 Å². The maximum Gasteiger partial charge on any atom is 0.162 e. The lowest BCUT2D eigenvalue weighted by Crippen LogP contribution is -2.03. The van der Waals surface area contributed by atoms with Crippen molar-refractivity contribution < 1.29 is 4.79 Å². The van der Waals surface area contributed by atoms with E-state index in [2.05, 4.69) is 6.58 Å². The highest BCUT2D eigenvalue weighted by Crippen LogP contribution is 2.22. The van der Waals surface area contributed by atoms with Crippen LogP contribution in [-0.2, 0) is 0 Å². The lowest BCUT2D eigenvalue weighted by Gasteiger charge is -2.09. The summed E-state index contributed by atoms with van der Waals surface area (Å²) in [6.45, 7) is 7.44. The van der Waals surface area contributed by atoms with Crippen LogP contribution in [0.15, 0.2) is 18.7 Å². The van der Waals surface area contributed by atoms with Gasteiger partial charge in [-0.05, 0) is 24.6 Å². The molecular formula is C12H15NO. The van der Waals surface area contributed by atoms with E-state index in [0.717, 1.165) is 16.7 Å². The molecule has 14 heavy (non-hydrogen) atoms. The minimum atomic E-state index is 0.144. The van der Waals surface area contributed by atoms with Crippen LogP contribution < -0.4 is 5.73 Å². The maximum atomic E-state index is 11.5. The van der Waals surface area contributed by atoms with Crippen LogP contribution >= 0.6 is 0 Å². The highest BCUT2D eigenvalue weighted by Gasteiger charge is 2.10. The highest BCUT2D eigenvalue weighted by atomic mass is 16.1. The molecule has 0 heterocycles. The van der Waals surface area contributed by atoms with Crippen molar-refractivity contribution in [1.29, 1.82) is 0 Å². The summed E-state index contributed by atoms with van der Waals surface area (Å²) in [4.78, 5) is 11.5. The average Bonchev–Trinajstić information content (AvgIpc) is 2.18. The first-order chi connectivity index (χ1) is 6.61. The topological polar surface area (TPSA) is 43.1 Å². The second kappa shape index (κ2) is 4.09. The van der Waals surface area contributed by atoms with Crippen LogP contribution in [0.2, 0.25) is 0 Å². The number of nitrogens with two attached hydrogens (primary N) is 1. The first-order valence-electron chi connectivity index (χ1n) is 4.66. The normalized spacial score (nSPS) is 9.86. The molecule has 2 N–H and O–H groups in total. The fourth-order valence-electron chi connectivity index (χ4n) is 1.51. The fraction of sp³-hybridized carbons (Fsp3) is 0.250. The van der Waals surface area contributed by atoms with Gasteiger partial charge in [0, 0.05) is 23.2 Å². The summed E-state index contributed by atoms with van der Waals surface area (Å²) in [7, 11) is 0. The molecule has 74 valence electrons. The minimum Gasteiger partial charge on any atom is -0.398 e. The van der Waals surface area contributed by atoms with E-state index in [0.29, 0.717) is 12.1 Å². The van der Waals surface area contributed by atoms with Crippen LogP contribution in [0.4, 0.5) is 5.69 Å². The molecule has 0 saturated carbocycles. The third kappa shape index (κ3) is 1.69. The molecule has 0 atom stereocenters. The van der Waals surface area contributed by atoms with Crippen LogP contribution in [0, 0.1) is 6.92 Å². The summed E-state index contributed by atoms with van der Waals surface area (Å²) < 4.78 is 0. The van der Waals surface area contributed by atoms with Crippen LogP contribution in [0.25, 0.3) is 6.08 Å². The van der Waals surface area contributed by atoms with E-state index in [4.69, 9.17) is 5.73 Å². The Labute approximate surface area is 84.4 Å². The molecule has 0 bridgehead atoms. The van der Waals surface area contributed by atoms with Gasteiger partial charge in [0.05, 0.1) is 0 Å². The summed E-state index contributed by atoms with van der Waals surface area (Å²) in [5, 5.41) is 0. The van der Waals surface area contributed by atoms with E-state index >= 15 is 0 Å². The molecule has 0 unspecified atom stereocenters. The van der Waals surface area contributed by atoms with Gasteiger partial charge in [-0.3, -0.25) is 4.79 Å². The zero-order chi connectivity index (χ0) is 10.7. The summed E-state index contributed by atoms with van der Waals surface area (Å²) in [6.07, 6.45) is 2.21. The molecule has 1 aromatic rings. The van der Waals surface area contributed by atoms with Gasteiger partial charge in [-0.15, -0.1) is 0 Å². The lowest BCUT2D eigenvalue weighted by molar-refractivity contribution is 0.0987. The van der Waals surface area contributed by atoms with Crippen molar-refractivity contribution in [1.82, 2.24) is 0 Å². The van der Waals surface area contributed by atoms with E-state index in [1.807, 2.05) is 13.8 Å². The number of hydrogen-bond donors (Lipinski definition) is 1. The molecule has 0 spiro atoms. The Morgan fingerprint density at radius 3 is 2.71 bits per heavy atom. The summed E-state index contributed by atoms with van der Waals surface area (Å²) >= 11 is 0. The molecule has 0 aromatic heterocycles. The first-order valence-corrected chi connectivity index (χ1v) is 4.66. The van der Waals surface area contributed by atoms with Crippen molar-refractivity contribution in [3.8, 4) is 0 Å². The van der Waals surface area contributed by atoms with Gasteiger partial charge in [0.15, 0.2) is 5.78 Å². The second-order valence-corrected chi connectivity index (χ2v) is 3.22. The third-order valence-corrected chi connectivity index (χ3v) is 2.37. The number of anilines is 1. The SMILES string of the molecule is C=Cc1c(N)ccc(C(=O)CC)c1C. The molecule has 2 nitrogen and oxygen atoms in total. The Kier molecular flexibility index (Phi) is 3.07. The number of Topliss-reactive ketones (excluding diaryl/α,β-unsaturated/α-hetero) is 1. The van der Waals surface area contributed by atoms with Crippen molar-refractivity contribution in [2.24, 2.45) is 0 Å². The monoisotopic (exact) mass is 189 g/mol. The molecular weight excluding hydrogens is 174 g/mol. The maximum absolute atomic E-state index is 11.5. The van der Waals surface area contributed by atoms with E-state index < -0.39 is 0 Å². The standard InChI is InChI=1S/C12H15NO/c1-4-9-8(3)10(12(14)5-2)6-7-11(9)13/h4,6-7H,1,5,13H2,2-3H3. The van der Waals surface area contributed by atoms with Crippen LogP contribution in [0.5, 0.6) is 0 Å². The molecule has 0 saturated heterocycles. The number of benzene rings is 1. The van der Waals surface area contributed by atoms with Gasteiger partial charge in [-0.25, -0.2) is 0 Å². The Morgan fingerprint density at radius 2 is 2.21 bits per heavy atom. The second-order valence-electron chi connectivity index (χ2n) is 3.22. The van der Waals surface area contributed by atoms with Gasteiger partial charge in [0.2, 0.25) is 0 Å². The zero-order valence-corrected chi connectivity index (χ0v) is 8.63. The smallest absolute Gasteiger partial charge is 0.162 e. The minimum absolute atomic E-state index is 0.144. The summed E-state index contributed by atoms with van der Waals surface area (Å²) in [6, 6.07) is 3.54.